The molecular weight excluding hydrogens is 237 g/mol. The number of ether oxygens (including phenoxy) is 2. The molecule has 4 nitrogen and oxygen atoms in total. The number of nitrogens with one attached hydrogen (secondary N) is 1. The molecule has 1 aromatic carbocycles. The van der Waals surface area contributed by atoms with Gasteiger partial charge in [0.05, 0.1) is 14.2 Å². The average Bonchev–Trinajstić information content (AvgIpc) is 2.35. The van der Waals surface area contributed by atoms with Crippen LogP contribution in [0.5, 0.6) is 5.75 Å². The summed E-state index contributed by atoms with van der Waals surface area (Å²) in [6.07, 6.45) is 0. The van der Waals surface area contributed by atoms with Gasteiger partial charge < -0.3 is 9.47 Å². The monoisotopic (exact) mass is 255 g/mol. The van der Waals surface area contributed by atoms with Crippen LogP contribution in [0.1, 0.15) is 19.4 Å². The topological polar surface area (TPSA) is 47.6 Å². The Morgan fingerprint density at radius 3 is 2.61 bits per heavy atom. The van der Waals surface area contributed by atoms with E-state index in [1.807, 2.05) is 0 Å². The molecule has 0 heterocycles. The molecular formula is C13H18FNO3. The van der Waals surface area contributed by atoms with Gasteiger partial charge in [-0.25, -0.2) is 4.39 Å². The van der Waals surface area contributed by atoms with Crippen molar-refractivity contribution >= 4 is 5.97 Å². The third-order valence-electron chi connectivity index (χ3n) is 2.66. The van der Waals surface area contributed by atoms with E-state index in [0.717, 1.165) is 0 Å². The molecule has 0 saturated heterocycles. The third kappa shape index (κ3) is 3.43. The predicted octanol–water partition coefficient (Wildman–Crippen LogP) is 1.88. The van der Waals surface area contributed by atoms with Crippen molar-refractivity contribution in [2.45, 2.75) is 25.9 Å². The zero-order valence-corrected chi connectivity index (χ0v) is 11.0. The summed E-state index contributed by atoms with van der Waals surface area (Å²) in [5.74, 6) is -0.147. The summed E-state index contributed by atoms with van der Waals surface area (Å²) < 4.78 is 23.0. The Kier molecular flexibility index (Phi) is 4.67. The van der Waals surface area contributed by atoms with E-state index < -0.39 is 5.54 Å². The molecule has 0 amide bonds. The van der Waals surface area contributed by atoms with E-state index in [1.165, 1.54) is 26.4 Å². The second-order valence-electron chi connectivity index (χ2n) is 4.43. The first-order chi connectivity index (χ1) is 8.40. The Bertz CT molecular complexity index is 432. The summed E-state index contributed by atoms with van der Waals surface area (Å²) >= 11 is 0. The van der Waals surface area contributed by atoms with Gasteiger partial charge in [-0.2, -0.15) is 0 Å². The van der Waals surface area contributed by atoms with Crippen molar-refractivity contribution < 1.29 is 18.7 Å². The van der Waals surface area contributed by atoms with Crippen molar-refractivity contribution in [2.75, 3.05) is 14.2 Å². The second-order valence-corrected chi connectivity index (χ2v) is 4.43. The molecule has 0 fully saturated rings. The molecule has 0 bridgehead atoms. The van der Waals surface area contributed by atoms with Gasteiger partial charge in [-0.1, -0.05) is 0 Å². The molecule has 1 rings (SSSR count). The highest BCUT2D eigenvalue weighted by Crippen LogP contribution is 2.20. The summed E-state index contributed by atoms with van der Waals surface area (Å²) in [6, 6.07) is 4.25. The van der Waals surface area contributed by atoms with Crippen LogP contribution < -0.4 is 10.1 Å². The zero-order valence-electron chi connectivity index (χ0n) is 11.0. The fraction of sp³-hybridized carbons (Fsp3) is 0.462. The van der Waals surface area contributed by atoms with Crippen LogP contribution in [-0.2, 0) is 16.1 Å². The maximum Gasteiger partial charge on any atom is 0.325 e. The minimum Gasteiger partial charge on any atom is -0.496 e. The van der Waals surface area contributed by atoms with Crippen LogP contribution in [0.3, 0.4) is 0 Å². The van der Waals surface area contributed by atoms with Gasteiger partial charge in [-0.05, 0) is 32.0 Å². The normalized spacial score (nSPS) is 11.2. The molecule has 5 heteroatoms. The lowest BCUT2D eigenvalue weighted by Gasteiger charge is -2.23. The van der Waals surface area contributed by atoms with E-state index in [0.29, 0.717) is 17.9 Å². The van der Waals surface area contributed by atoms with Crippen molar-refractivity contribution in [3.05, 3.63) is 29.6 Å². The maximum atomic E-state index is 13.2. The van der Waals surface area contributed by atoms with E-state index in [4.69, 9.17) is 4.74 Å². The number of hydrogen-bond donors (Lipinski definition) is 1. The van der Waals surface area contributed by atoms with Crippen LogP contribution >= 0.6 is 0 Å². The minimum absolute atomic E-state index is 0.309. The molecule has 0 spiro atoms. The minimum atomic E-state index is -0.841. The number of methoxy groups -OCH3 is 2. The van der Waals surface area contributed by atoms with Crippen molar-refractivity contribution in [1.82, 2.24) is 5.32 Å². The van der Waals surface area contributed by atoms with Crippen LogP contribution in [0.15, 0.2) is 18.2 Å². The van der Waals surface area contributed by atoms with E-state index in [2.05, 4.69) is 10.1 Å². The first-order valence-electron chi connectivity index (χ1n) is 5.56. The number of hydrogen-bond acceptors (Lipinski definition) is 4. The van der Waals surface area contributed by atoms with Gasteiger partial charge in [-0.15, -0.1) is 0 Å². The number of carbonyl (C=O) groups is 1. The average molecular weight is 255 g/mol. The summed E-state index contributed by atoms with van der Waals surface area (Å²) in [6.45, 7) is 3.71. The summed E-state index contributed by atoms with van der Waals surface area (Å²) in [7, 11) is 2.84. The first-order valence-corrected chi connectivity index (χ1v) is 5.56. The Morgan fingerprint density at radius 1 is 1.39 bits per heavy atom. The van der Waals surface area contributed by atoms with Crippen molar-refractivity contribution in [2.24, 2.45) is 0 Å². The fourth-order valence-electron chi connectivity index (χ4n) is 1.53. The van der Waals surface area contributed by atoms with Gasteiger partial charge in [0.2, 0.25) is 0 Å². The SMILES string of the molecule is COC(=O)C(C)(C)NCc1cc(F)ccc1OC. The molecule has 0 saturated carbocycles. The molecule has 0 unspecified atom stereocenters. The van der Waals surface area contributed by atoms with Crippen LogP contribution in [0.25, 0.3) is 0 Å². The third-order valence-corrected chi connectivity index (χ3v) is 2.66. The van der Waals surface area contributed by atoms with E-state index in [-0.39, 0.29) is 11.8 Å². The molecule has 0 atom stereocenters. The summed E-state index contributed by atoms with van der Waals surface area (Å²) in [5, 5.41) is 3.01. The predicted molar refractivity (Wildman–Crippen MR) is 65.9 cm³/mol. The number of rotatable bonds is 5. The van der Waals surface area contributed by atoms with Crippen LogP contribution in [0, 0.1) is 5.82 Å². The quantitative estimate of drug-likeness (QED) is 0.816. The molecule has 0 aliphatic heterocycles. The van der Waals surface area contributed by atoms with Gasteiger partial charge in [0.25, 0.3) is 0 Å². The number of halogens is 1. The van der Waals surface area contributed by atoms with Crippen LogP contribution in [0.4, 0.5) is 4.39 Å². The second kappa shape index (κ2) is 5.82. The highest BCUT2D eigenvalue weighted by Gasteiger charge is 2.28. The lowest BCUT2D eigenvalue weighted by Crippen LogP contribution is -2.47. The first kappa shape index (κ1) is 14.4. The maximum absolute atomic E-state index is 13.2. The Hall–Kier alpha value is -1.62. The summed E-state index contributed by atoms with van der Waals surface area (Å²) in [5.41, 5.74) is -0.194. The number of benzene rings is 1. The van der Waals surface area contributed by atoms with Gasteiger partial charge in [0.1, 0.15) is 17.1 Å². The number of carbonyl (C=O) groups excluding carboxylic acids is 1. The number of esters is 1. The molecule has 1 aromatic rings. The van der Waals surface area contributed by atoms with E-state index >= 15 is 0 Å². The largest absolute Gasteiger partial charge is 0.496 e. The zero-order chi connectivity index (χ0) is 13.8. The lowest BCUT2D eigenvalue weighted by molar-refractivity contribution is -0.147. The summed E-state index contributed by atoms with van der Waals surface area (Å²) in [4.78, 5) is 11.5. The Balaban J connectivity index is 2.80. The Labute approximate surface area is 106 Å². The molecule has 0 aromatic heterocycles. The lowest BCUT2D eigenvalue weighted by atomic mass is 10.1. The van der Waals surface area contributed by atoms with Gasteiger partial charge >= 0.3 is 5.97 Å². The molecule has 0 aliphatic rings. The van der Waals surface area contributed by atoms with Crippen molar-refractivity contribution in [3.63, 3.8) is 0 Å². The molecule has 0 aliphatic carbocycles. The smallest absolute Gasteiger partial charge is 0.325 e. The highest BCUT2D eigenvalue weighted by atomic mass is 19.1. The molecule has 100 valence electrons. The molecule has 0 radical (unpaired) electrons. The van der Waals surface area contributed by atoms with Crippen LogP contribution in [0.2, 0.25) is 0 Å². The van der Waals surface area contributed by atoms with Crippen molar-refractivity contribution in [3.8, 4) is 5.75 Å². The van der Waals surface area contributed by atoms with Crippen LogP contribution in [-0.4, -0.2) is 25.7 Å². The standard InChI is InChI=1S/C13H18FNO3/c1-13(2,12(16)18-4)15-8-9-7-10(14)5-6-11(9)17-3/h5-7,15H,8H2,1-4H3. The fourth-order valence-corrected chi connectivity index (χ4v) is 1.53. The van der Waals surface area contributed by atoms with Gasteiger partial charge in [0.15, 0.2) is 0 Å². The van der Waals surface area contributed by atoms with Gasteiger partial charge in [0, 0.05) is 12.1 Å². The molecule has 1 N–H and O–H groups in total. The van der Waals surface area contributed by atoms with Gasteiger partial charge in [-0.3, -0.25) is 10.1 Å². The van der Waals surface area contributed by atoms with Crippen molar-refractivity contribution in [1.29, 1.82) is 0 Å². The van der Waals surface area contributed by atoms with E-state index in [1.54, 1.807) is 19.9 Å². The highest BCUT2D eigenvalue weighted by molar-refractivity contribution is 5.79. The Morgan fingerprint density at radius 2 is 2.06 bits per heavy atom. The van der Waals surface area contributed by atoms with E-state index in [9.17, 15) is 9.18 Å². The molecule has 18 heavy (non-hydrogen) atoms.